The van der Waals surface area contributed by atoms with E-state index in [-0.39, 0.29) is 22.8 Å². The van der Waals surface area contributed by atoms with Gasteiger partial charge in [-0.05, 0) is 48.4 Å². The molecule has 3 N–H and O–H groups in total. The molecular weight excluding hydrogens is 500 g/mol. The lowest BCUT2D eigenvalue weighted by molar-refractivity contribution is 0.477. The number of hydrogen-bond acceptors (Lipinski definition) is 7. The molecule has 0 bridgehead atoms. The topological polar surface area (TPSA) is 132 Å². The fourth-order valence-corrected chi connectivity index (χ4v) is 5.13. The van der Waals surface area contributed by atoms with Crippen LogP contribution in [0.15, 0.2) is 90.0 Å². The lowest BCUT2D eigenvalue weighted by Gasteiger charge is -2.13. The van der Waals surface area contributed by atoms with Gasteiger partial charge in [-0.1, -0.05) is 42.5 Å². The number of nitrogens with zero attached hydrogens (tertiary/aromatic N) is 4. The lowest BCUT2D eigenvalue weighted by atomic mass is 10.1. The molecule has 2 heterocycles. The number of fused-ring (bicyclic) bond motifs is 1. The Balaban J connectivity index is 1.34. The van der Waals surface area contributed by atoms with Gasteiger partial charge in [-0.2, -0.15) is 14.9 Å². The minimum Gasteiger partial charge on any atom is -0.507 e. The van der Waals surface area contributed by atoms with Crippen molar-refractivity contribution < 1.29 is 13.5 Å². The van der Waals surface area contributed by atoms with Crippen molar-refractivity contribution in [2.45, 2.75) is 24.9 Å². The summed E-state index contributed by atoms with van der Waals surface area (Å²) in [4.78, 5) is 4.74. The summed E-state index contributed by atoms with van der Waals surface area (Å²) in [5, 5.41) is 27.2. The lowest BCUT2D eigenvalue weighted by Crippen LogP contribution is -2.23. The van der Waals surface area contributed by atoms with Crippen LogP contribution in [0, 0.1) is 18.3 Å². The van der Waals surface area contributed by atoms with Crippen molar-refractivity contribution in [1.29, 1.82) is 5.26 Å². The van der Waals surface area contributed by atoms with E-state index in [4.69, 9.17) is 10.2 Å². The fraction of sp³-hybridized carbons (Fsp3) is 0.107. The van der Waals surface area contributed by atoms with Gasteiger partial charge < -0.3 is 10.4 Å². The number of phenolic OH excluding ortho intramolecular Hbond substituents is 1. The van der Waals surface area contributed by atoms with Gasteiger partial charge in [-0.15, -0.1) is 0 Å². The first-order chi connectivity index (χ1) is 18.3. The predicted octanol–water partition coefficient (Wildman–Crippen LogP) is 4.37. The van der Waals surface area contributed by atoms with E-state index in [1.807, 2.05) is 55.5 Å². The van der Waals surface area contributed by atoms with Gasteiger partial charge in [-0.25, -0.2) is 18.1 Å². The number of sulfonamides is 1. The van der Waals surface area contributed by atoms with Gasteiger partial charge in [0.2, 0.25) is 10.0 Å². The number of aromatic nitrogens is 3. The van der Waals surface area contributed by atoms with Crippen LogP contribution < -0.4 is 10.0 Å². The molecule has 0 aliphatic carbocycles. The molecule has 0 spiro atoms. The summed E-state index contributed by atoms with van der Waals surface area (Å²) in [6.07, 6.45) is 1.74. The second-order valence-electron chi connectivity index (χ2n) is 8.74. The van der Waals surface area contributed by atoms with Crippen LogP contribution in [0.2, 0.25) is 0 Å². The third-order valence-corrected chi connectivity index (χ3v) is 7.43. The number of aryl methyl sites for hydroxylation is 1. The van der Waals surface area contributed by atoms with Crippen molar-refractivity contribution in [2.75, 3.05) is 5.32 Å². The molecule has 38 heavy (non-hydrogen) atoms. The molecule has 190 valence electrons. The van der Waals surface area contributed by atoms with Crippen LogP contribution in [0.1, 0.15) is 22.3 Å². The predicted molar refractivity (Wildman–Crippen MR) is 144 cm³/mol. The molecule has 0 amide bonds. The Morgan fingerprint density at radius 1 is 0.974 bits per heavy atom. The first-order valence-corrected chi connectivity index (χ1v) is 13.3. The summed E-state index contributed by atoms with van der Waals surface area (Å²) in [7, 11) is -3.77. The Hall–Kier alpha value is -4.72. The summed E-state index contributed by atoms with van der Waals surface area (Å²) < 4.78 is 29.7. The zero-order valence-corrected chi connectivity index (χ0v) is 21.3. The molecule has 0 radical (unpaired) electrons. The van der Waals surface area contributed by atoms with Crippen LogP contribution in [0.25, 0.3) is 16.9 Å². The molecule has 0 fully saturated rings. The smallest absolute Gasteiger partial charge is 0.240 e. The highest BCUT2D eigenvalue weighted by molar-refractivity contribution is 7.89. The molecule has 2 aromatic heterocycles. The fourth-order valence-electron chi connectivity index (χ4n) is 4.06. The molecule has 9 nitrogen and oxygen atoms in total. The summed E-state index contributed by atoms with van der Waals surface area (Å²) in [6.45, 7) is 2.47. The van der Waals surface area contributed by atoms with E-state index >= 15 is 0 Å². The molecule has 3 aromatic carbocycles. The Morgan fingerprint density at radius 3 is 2.53 bits per heavy atom. The number of rotatable bonds is 8. The third kappa shape index (κ3) is 5.20. The minimum atomic E-state index is -3.77. The van der Waals surface area contributed by atoms with Gasteiger partial charge in [-0.3, -0.25) is 0 Å². The van der Waals surface area contributed by atoms with Crippen LogP contribution in [0.3, 0.4) is 0 Å². The largest absolute Gasteiger partial charge is 0.507 e. The van der Waals surface area contributed by atoms with Gasteiger partial charge in [0, 0.05) is 30.3 Å². The maximum Gasteiger partial charge on any atom is 0.240 e. The Labute approximate surface area is 220 Å². The van der Waals surface area contributed by atoms with Crippen molar-refractivity contribution in [2.24, 2.45) is 0 Å². The number of anilines is 1. The maximum atomic E-state index is 12.7. The molecule has 0 saturated heterocycles. The second-order valence-corrected chi connectivity index (χ2v) is 10.5. The molecule has 5 aromatic rings. The first kappa shape index (κ1) is 25.0. The van der Waals surface area contributed by atoms with Crippen molar-refractivity contribution in [3.8, 4) is 23.1 Å². The highest BCUT2D eigenvalue weighted by Crippen LogP contribution is 2.30. The van der Waals surface area contributed by atoms with E-state index in [0.717, 1.165) is 16.7 Å². The van der Waals surface area contributed by atoms with Crippen LogP contribution in [-0.2, 0) is 23.1 Å². The Kier molecular flexibility index (Phi) is 6.79. The number of nitriles is 1. The molecule has 0 saturated carbocycles. The minimum absolute atomic E-state index is 0.0471. The van der Waals surface area contributed by atoms with E-state index in [1.165, 1.54) is 12.1 Å². The van der Waals surface area contributed by atoms with Gasteiger partial charge in [0.1, 0.15) is 11.6 Å². The van der Waals surface area contributed by atoms with E-state index in [2.05, 4.69) is 15.1 Å². The van der Waals surface area contributed by atoms with Crippen LogP contribution >= 0.6 is 0 Å². The summed E-state index contributed by atoms with van der Waals surface area (Å²) in [5.41, 5.74) is 4.82. The molecule has 10 heteroatoms. The van der Waals surface area contributed by atoms with Crippen LogP contribution in [0.4, 0.5) is 5.82 Å². The number of phenols is 1. The van der Waals surface area contributed by atoms with Gasteiger partial charge in [0.25, 0.3) is 0 Å². The average Bonchev–Trinajstić information content (AvgIpc) is 3.31. The monoisotopic (exact) mass is 524 g/mol. The first-order valence-electron chi connectivity index (χ1n) is 11.8. The van der Waals surface area contributed by atoms with Gasteiger partial charge >= 0.3 is 0 Å². The molecule has 0 unspecified atom stereocenters. The van der Waals surface area contributed by atoms with Crippen molar-refractivity contribution in [3.63, 3.8) is 0 Å². The summed E-state index contributed by atoms with van der Waals surface area (Å²) >= 11 is 0. The SMILES string of the molecule is Cc1cnn2c(NCc3cccc(CNS(=O)(=O)c4cccc(C#N)c4)c3)cc(-c3ccccc3O)nc12. The highest BCUT2D eigenvalue weighted by atomic mass is 32.2. The quantitative estimate of drug-likeness (QED) is 0.274. The number of nitrogens with one attached hydrogen (secondary N) is 2. The van der Waals surface area contributed by atoms with E-state index < -0.39 is 10.0 Å². The van der Waals surface area contributed by atoms with E-state index in [9.17, 15) is 13.5 Å². The zero-order chi connectivity index (χ0) is 26.7. The van der Waals surface area contributed by atoms with Crippen LogP contribution in [-0.4, -0.2) is 28.1 Å². The zero-order valence-electron chi connectivity index (χ0n) is 20.5. The maximum absolute atomic E-state index is 12.7. The molecular formula is C28H24N6O3S. The Bertz CT molecular complexity index is 1790. The van der Waals surface area contributed by atoms with Crippen LogP contribution in [0.5, 0.6) is 5.75 Å². The molecule has 0 aliphatic heterocycles. The number of benzene rings is 3. The second kappa shape index (κ2) is 10.3. The molecule has 0 atom stereocenters. The Morgan fingerprint density at radius 2 is 1.74 bits per heavy atom. The van der Waals surface area contributed by atoms with Crippen molar-refractivity contribution in [3.05, 3.63) is 107 Å². The normalized spacial score (nSPS) is 11.4. The molecule has 0 aliphatic rings. The average molecular weight is 525 g/mol. The highest BCUT2D eigenvalue weighted by Gasteiger charge is 2.15. The number of hydrogen-bond donors (Lipinski definition) is 3. The van der Waals surface area contributed by atoms with Crippen molar-refractivity contribution in [1.82, 2.24) is 19.3 Å². The standard InChI is InChI=1S/C28H24N6O3S/c1-19-16-31-34-27(14-25(33-28(19)34)24-10-2-3-11-26(24)35)30-17-21-7-4-8-22(12-21)18-32-38(36,37)23-9-5-6-20(13-23)15-29/h2-14,16,30,32,35H,17-18H2,1H3. The summed E-state index contributed by atoms with van der Waals surface area (Å²) in [5.74, 6) is 0.840. The van der Waals surface area contributed by atoms with Gasteiger partial charge in [0.05, 0.1) is 28.4 Å². The van der Waals surface area contributed by atoms with Crippen molar-refractivity contribution >= 4 is 21.5 Å². The van der Waals surface area contributed by atoms with E-state index in [1.54, 1.807) is 35.0 Å². The number of aromatic hydroxyl groups is 1. The summed E-state index contributed by atoms with van der Waals surface area (Å²) in [6, 6.07) is 24.3. The molecule has 5 rings (SSSR count). The van der Waals surface area contributed by atoms with Gasteiger partial charge in [0.15, 0.2) is 5.65 Å². The third-order valence-electron chi connectivity index (χ3n) is 6.03. The van der Waals surface area contributed by atoms with E-state index in [0.29, 0.717) is 29.3 Å². The number of para-hydroxylation sites is 1.